The van der Waals surface area contributed by atoms with E-state index >= 15 is 0 Å². The molecule has 29 heavy (non-hydrogen) atoms. The van der Waals surface area contributed by atoms with Crippen LogP contribution in [0, 0.1) is 6.92 Å². The number of aromatic hydroxyl groups is 1. The zero-order chi connectivity index (χ0) is 20.4. The van der Waals surface area contributed by atoms with Crippen molar-refractivity contribution >= 4 is 22.6 Å². The van der Waals surface area contributed by atoms with E-state index in [2.05, 4.69) is 15.3 Å². The van der Waals surface area contributed by atoms with Crippen LogP contribution >= 0.6 is 0 Å². The normalized spacial score (nSPS) is 16.4. The van der Waals surface area contributed by atoms with Gasteiger partial charge in [0.2, 0.25) is 5.91 Å². The third kappa shape index (κ3) is 4.32. The number of aromatic nitrogens is 3. The number of carbonyl (C=O) groups is 1. The maximum atomic E-state index is 12.3. The van der Waals surface area contributed by atoms with Crippen molar-refractivity contribution in [1.82, 2.24) is 14.5 Å². The minimum Gasteiger partial charge on any atom is -0.508 e. The highest BCUT2D eigenvalue weighted by Crippen LogP contribution is 2.28. The number of hydrogen-bond acceptors (Lipinski definition) is 5. The molecule has 8 nitrogen and oxygen atoms in total. The smallest absolute Gasteiger partial charge is 0.254 e. The van der Waals surface area contributed by atoms with Gasteiger partial charge < -0.3 is 24.7 Å². The summed E-state index contributed by atoms with van der Waals surface area (Å²) < 4.78 is 7.22. The molecule has 4 rings (SSSR count). The molecule has 1 fully saturated rings. The highest BCUT2D eigenvalue weighted by Gasteiger charge is 2.21. The average Bonchev–Trinajstić information content (AvgIpc) is 3.32. The minimum atomic E-state index is -0.269. The summed E-state index contributed by atoms with van der Waals surface area (Å²) in [5.74, 6) is 0.668. The number of aryl methyl sites for hydroxylation is 1. The maximum Gasteiger partial charge on any atom is 0.254 e. The standard InChI is InChI=1S/C21H24N4O4/c1-13-10-15(26)12-20(28)25(13)8-2-5-19(27)22-14-6-7-16-17(11-14)24-21(23-16)18-4-3-9-29-18/h6-7,10-12,18,26H,2-5,8-9H2,1H3,(H,22,27)(H,23,24)/t18-/m0/s1. The lowest BCUT2D eigenvalue weighted by Crippen LogP contribution is -2.22. The van der Waals surface area contributed by atoms with Gasteiger partial charge in [0.1, 0.15) is 17.7 Å². The van der Waals surface area contributed by atoms with Crippen molar-refractivity contribution in [2.45, 2.75) is 45.3 Å². The number of nitrogens with zero attached hydrogens (tertiary/aromatic N) is 2. The molecule has 0 unspecified atom stereocenters. The fourth-order valence-electron chi connectivity index (χ4n) is 3.67. The average molecular weight is 396 g/mol. The van der Waals surface area contributed by atoms with Gasteiger partial charge in [0.15, 0.2) is 0 Å². The van der Waals surface area contributed by atoms with E-state index in [4.69, 9.17) is 4.74 Å². The Morgan fingerprint density at radius 1 is 1.38 bits per heavy atom. The Morgan fingerprint density at radius 2 is 2.24 bits per heavy atom. The first-order chi connectivity index (χ1) is 14.0. The number of rotatable bonds is 6. The Bertz CT molecular complexity index is 1100. The van der Waals surface area contributed by atoms with Crippen LogP contribution in [0.15, 0.2) is 35.1 Å². The van der Waals surface area contributed by atoms with E-state index in [1.165, 1.54) is 12.1 Å². The summed E-state index contributed by atoms with van der Waals surface area (Å²) in [6.45, 7) is 2.94. The van der Waals surface area contributed by atoms with Crippen molar-refractivity contribution in [2.24, 2.45) is 0 Å². The van der Waals surface area contributed by atoms with Gasteiger partial charge in [0.05, 0.1) is 11.0 Å². The Hall–Kier alpha value is -3.13. The van der Waals surface area contributed by atoms with Gasteiger partial charge in [-0.3, -0.25) is 9.59 Å². The molecule has 1 aliphatic rings. The minimum absolute atomic E-state index is 0.0206. The van der Waals surface area contributed by atoms with Crippen molar-refractivity contribution < 1.29 is 14.6 Å². The fraction of sp³-hybridized carbons (Fsp3) is 0.381. The van der Waals surface area contributed by atoms with Crippen molar-refractivity contribution in [3.63, 3.8) is 0 Å². The van der Waals surface area contributed by atoms with Crippen LogP contribution in [-0.2, 0) is 16.1 Å². The number of amides is 1. The number of hydrogen-bond donors (Lipinski definition) is 3. The van der Waals surface area contributed by atoms with E-state index in [0.29, 0.717) is 24.3 Å². The third-order valence-electron chi connectivity index (χ3n) is 5.12. The quantitative estimate of drug-likeness (QED) is 0.593. The topological polar surface area (TPSA) is 109 Å². The molecule has 0 aliphatic carbocycles. The van der Waals surface area contributed by atoms with Crippen LogP contribution in [0.25, 0.3) is 11.0 Å². The van der Waals surface area contributed by atoms with Gasteiger partial charge in [-0.1, -0.05) is 0 Å². The first-order valence-electron chi connectivity index (χ1n) is 9.81. The van der Waals surface area contributed by atoms with Crippen molar-refractivity contribution in [1.29, 1.82) is 0 Å². The van der Waals surface area contributed by atoms with Crippen LogP contribution < -0.4 is 10.9 Å². The number of nitrogens with one attached hydrogen (secondary N) is 2. The number of ether oxygens (including phenoxy) is 1. The second kappa shape index (κ2) is 8.08. The lowest BCUT2D eigenvalue weighted by molar-refractivity contribution is -0.116. The van der Waals surface area contributed by atoms with Crippen LogP contribution in [-0.4, -0.2) is 32.2 Å². The molecule has 1 atom stereocenters. The number of benzene rings is 1. The molecular formula is C21H24N4O4. The van der Waals surface area contributed by atoms with Crippen molar-refractivity contribution in [3.8, 4) is 5.75 Å². The van der Waals surface area contributed by atoms with Crippen molar-refractivity contribution in [2.75, 3.05) is 11.9 Å². The van der Waals surface area contributed by atoms with E-state index in [9.17, 15) is 14.7 Å². The number of fused-ring (bicyclic) bond motifs is 1. The molecule has 152 valence electrons. The lowest BCUT2D eigenvalue weighted by atomic mass is 10.2. The Kier molecular flexibility index (Phi) is 5.35. The second-order valence-electron chi connectivity index (χ2n) is 7.35. The zero-order valence-corrected chi connectivity index (χ0v) is 16.3. The van der Waals surface area contributed by atoms with Gasteiger partial charge in [0, 0.05) is 37.0 Å². The summed E-state index contributed by atoms with van der Waals surface area (Å²) in [6, 6.07) is 8.28. The van der Waals surface area contributed by atoms with E-state index in [1.807, 2.05) is 18.2 Å². The van der Waals surface area contributed by atoms with E-state index in [-0.39, 0.29) is 29.7 Å². The molecule has 0 saturated carbocycles. The molecule has 3 N–H and O–H groups in total. The van der Waals surface area contributed by atoms with Crippen molar-refractivity contribution in [3.05, 3.63) is 52.2 Å². The van der Waals surface area contributed by atoms with Gasteiger partial charge in [-0.25, -0.2) is 4.98 Å². The molecule has 1 aliphatic heterocycles. The monoisotopic (exact) mass is 396 g/mol. The second-order valence-corrected chi connectivity index (χ2v) is 7.35. The number of aromatic amines is 1. The van der Waals surface area contributed by atoms with Crippen LogP contribution in [0.4, 0.5) is 5.69 Å². The number of carbonyl (C=O) groups excluding carboxylic acids is 1. The largest absolute Gasteiger partial charge is 0.508 e. The summed E-state index contributed by atoms with van der Waals surface area (Å²) in [4.78, 5) is 32.1. The Balaban J connectivity index is 1.35. The van der Waals surface area contributed by atoms with Crippen LogP contribution in [0.5, 0.6) is 5.75 Å². The molecule has 0 radical (unpaired) electrons. The molecule has 3 heterocycles. The van der Waals surface area contributed by atoms with E-state index in [1.54, 1.807) is 11.5 Å². The molecular weight excluding hydrogens is 372 g/mol. The molecule has 3 aromatic rings. The zero-order valence-electron chi connectivity index (χ0n) is 16.3. The first kappa shape index (κ1) is 19.2. The molecule has 1 amide bonds. The van der Waals surface area contributed by atoms with Gasteiger partial charge in [-0.2, -0.15) is 0 Å². The fourth-order valence-corrected chi connectivity index (χ4v) is 3.67. The first-order valence-corrected chi connectivity index (χ1v) is 9.81. The van der Waals surface area contributed by atoms with Crippen LogP contribution in [0.2, 0.25) is 0 Å². The van der Waals surface area contributed by atoms with Gasteiger partial charge in [-0.15, -0.1) is 0 Å². The summed E-state index contributed by atoms with van der Waals surface area (Å²) in [6.07, 6.45) is 2.83. The summed E-state index contributed by atoms with van der Waals surface area (Å²) in [7, 11) is 0. The Morgan fingerprint density at radius 3 is 3.00 bits per heavy atom. The predicted octanol–water partition coefficient (Wildman–Crippen LogP) is 3.01. The number of imidazole rings is 1. The number of H-pyrrole nitrogens is 1. The van der Waals surface area contributed by atoms with E-state index < -0.39 is 0 Å². The van der Waals surface area contributed by atoms with E-state index in [0.717, 1.165) is 36.3 Å². The summed E-state index contributed by atoms with van der Waals surface area (Å²) in [5, 5.41) is 12.3. The highest BCUT2D eigenvalue weighted by molar-refractivity contribution is 5.93. The predicted molar refractivity (Wildman–Crippen MR) is 109 cm³/mol. The van der Waals surface area contributed by atoms with Gasteiger partial charge in [-0.05, 0) is 50.5 Å². The molecule has 1 aromatic carbocycles. The van der Waals surface area contributed by atoms with Gasteiger partial charge in [0.25, 0.3) is 5.56 Å². The van der Waals surface area contributed by atoms with Crippen LogP contribution in [0.1, 0.15) is 43.3 Å². The molecule has 0 spiro atoms. The molecule has 8 heteroatoms. The lowest BCUT2D eigenvalue weighted by Gasteiger charge is -2.10. The molecule has 2 aromatic heterocycles. The summed E-state index contributed by atoms with van der Waals surface area (Å²) in [5.41, 5.74) is 2.80. The molecule has 0 bridgehead atoms. The third-order valence-corrected chi connectivity index (χ3v) is 5.12. The summed E-state index contributed by atoms with van der Waals surface area (Å²) >= 11 is 0. The van der Waals surface area contributed by atoms with Crippen LogP contribution in [0.3, 0.4) is 0 Å². The van der Waals surface area contributed by atoms with Gasteiger partial charge >= 0.3 is 0 Å². The molecule has 1 saturated heterocycles. The number of anilines is 1. The SMILES string of the molecule is Cc1cc(O)cc(=O)n1CCCC(=O)Nc1ccc2nc([C@@H]3CCCO3)[nH]c2c1. The maximum absolute atomic E-state index is 12.3. The Labute approximate surface area is 167 Å². The highest BCUT2D eigenvalue weighted by atomic mass is 16.5. The number of pyridine rings is 1.